The number of carbonyl (C=O) groups is 2. The summed E-state index contributed by atoms with van der Waals surface area (Å²) in [5, 5.41) is 15.6. The number of rotatable bonds is 5. The molecular formula is C23H22Cl2N2O3. The van der Waals surface area contributed by atoms with Gasteiger partial charge >= 0.3 is 0 Å². The molecule has 0 saturated heterocycles. The second kappa shape index (κ2) is 8.70. The molecule has 1 amide bonds. The van der Waals surface area contributed by atoms with Gasteiger partial charge in [-0.25, -0.2) is 0 Å². The van der Waals surface area contributed by atoms with Gasteiger partial charge in [-0.2, -0.15) is 0 Å². The Morgan fingerprint density at radius 3 is 2.60 bits per heavy atom. The standard InChI is InChI=1S/C23H22Cl2N2O3/c24-14-7-5-13(6-8-14)11-16-19(29)10-9-18-21(16)22(23(25)27-18)15-3-1-2-4-17(15)26-20(30)12-28/h5-10,12,15,17,27,29H,1-4,11H2,(H,26,30). The first-order valence-electron chi connectivity index (χ1n) is 10.00. The molecule has 3 N–H and O–H groups in total. The maximum Gasteiger partial charge on any atom is 0.284 e. The Morgan fingerprint density at radius 1 is 1.13 bits per heavy atom. The van der Waals surface area contributed by atoms with Gasteiger partial charge in [0.15, 0.2) is 0 Å². The lowest BCUT2D eigenvalue weighted by atomic mass is 9.79. The summed E-state index contributed by atoms with van der Waals surface area (Å²) in [5.41, 5.74) is 3.52. The summed E-state index contributed by atoms with van der Waals surface area (Å²) in [4.78, 5) is 25.9. The molecule has 2 atom stereocenters. The monoisotopic (exact) mass is 444 g/mol. The number of aromatic hydroxyl groups is 1. The second-order valence-electron chi connectivity index (χ2n) is 7.77. The summed E-state index contributed by atoms with van der Waals surface area (Å²) in [6.07, 6.45) is 4.42. The first kappa shape index (κ1) is 20.8. The van der Waals surface area contributed by atoms with E-state index in [-0.39, 0.29) is 17.7 Å². The molecule has 156 valence electrons. The maximum absolute atomic E-state index is 11.8. The Labute approximate surface area is 184 Å². The van der Waals surface area contributed by atoms with Crippen LogP contribution in [0.25, 0.3) is 10.9 Å². The maximum atomic E-state index is 11.8. The van der Waals surface area contributed by atoms with Crippen LogP contribution in [-0.2, 0) is 16.0 Å². The van der Waals surface area contributed by atoms with Gasteiger partial charge in [-0.1, -0.05) is 48.2 Å². The zero-order chi connectivity index (χ0) is 21.3. The smallest absolute Gasteiger partial charge is 0.284 e. The fraction of sp³-hybridized carbons (Fsp3) is 0.304. The van der Waals surface area contributed by atoms with Crippen LogP contribution in [0.4, 0.5) is 0 Å². The van der Waals surface area contributed by atoms with Gasteiger partial charge in [-0.3, -0.25) is 9.59 Å². The largest absolute Gasteiger partial charge is 0.508 e. The highest BCUT2D eigenvalue weighted by molar-refractivity contribution is 6.32. The molecule has 30 heavy (non-hydrogen) atoms. The molecule has 0 aliphatic heterocycles. The Kier molecular flexibility index (Phi) is 6.02. The van der Waals surface area contributed by atoms with Crippen molar-refractivity contribution in [3.63, 3.8) is 0 Å². The molecule has 1 aliphatic rings. The third-order valence-corrected chi connectivity index (χ3v) is 6.45. The molecule has 7 heteroatoms. The highest BCUT2D eigenvalue weighted by atomic mass is 35.5. The van der Waals surface area contributed by atoms with E-state index in [1.54, 1.807) is 6.07 Å². The predicted octanol–water partition coefficient (Wildman–Crippen LogP) is 5.11. The minimum absolute atomic E-state index is 0.0466. The van der Waals surface area contributed by atoms with Gasteiger partial charge in [-0.05, 0) is 42.7 Å². The van der Waals surface area contributed by atoms with E-state index in [4.69, 9.17) is 23.2 Å². The van der Waals surface area contributed by atoms with Crippen LogP contribution in [0.2, 0.25) is 10.2 Å². The SMILES string of the molecule is O=CC(=O)NC1CCCCC1c1c(Cl)[nH]c2ccc(O)c(Cc3ccc(Cl)cc3)c12. The Bertz CT molecular complexity index is 1090. The Balaban J connectivity index is 1.82. The lowest BCUT2D eigenvalue weighted by molar-refractivity contribution is -0.132. The molecule has 0 bridgehead atoms. The van der Waals surface area contributed by atoms with Crippen molar-refractivity contribution in [3.8, 4) is 5.75 Å². The Morgan fingerprint density at radius 2 is 1.87 bits per heavy atom. The van der Waals surface area contributed by atoms with E-state index in [1.807, 2.05) is 30.3 Å². The van der Waals surface area contributed by atoms with Crippen LogP contribution in [0.5, 0.6) is 5.75 Å². The van der Waals surface area contributed by atoms with Crippen LogP contribution in [0.15, 0.2) is 36.4 Å². The average Bonchev–Trinajstić information content (AvgIpc) is 3.08. The van der Waals surface area contributed by atoms with E-state index in [9.17, 15) is 14.7 Å². The van der Waals surface area contributed by atoms with Gasteiger partial charge in [0.05, 0.1) is 0 Å². The minimum atomic E-state index is -0.618. The molecule has 1 heterocycles. The first-order valence-corrected chi connectivity index (χ1v) is 10.8. The molecule has 1 aromatic heterocycles. The Hall–Kier alpha value is -2.50. The number of aldehydes is 1. The number of aromatic nitrogens is 1. The normalized spacial score (nSPS) is 19.0. The fourth-order valence-electron chi connectivity index (χ4n) is 4.54. The quantitative estimate of drug-likeness (QED) is 0.377. The molecule has 5 nitrogen and oxygen atoms in total. The van der Waals surface area contributed by atoms with E-state index in [0.717, 1.165) is 53.3 Å². The van der Waals surface area contributed by atoms with Gasteiger partial charge in [0, 0.05) is 45.4 Å². The van der Waals surface area contributed by atoms with E-state index in [1.165, 1.54) is 0 Å². The minimum Gasteiger partial charge on any atom is -0.508 e. The molecule has 1 saturated carbocycles. The lowest BCUT2D eigenvalue weighted by Gasteiger charge is -2.32. The number of H-pyrrole nitrogens is 1. The summed E-state index contributed by atoms with van der Waals surface area (Å²) in [7, 11) is 0. The number of phenolic OH excluding ortho intramolecular Hbond substituents is 1. The molecule has 4 rings (SSSR count). The van der Waals surface area contributed by atoms with Crippen LogP contribution in [-0.4, -0.2) is 28.3 Å². The number of hydrogen-bond donors (Lipinski definition) is 3. The van der Waals surface area contributed by atoms with Crippen molar-refractivity contribution >= 4 is 46.3 Å². The van der Waals surface area contributed by atoms with Crippen LogP contribution >= 0.6 is 23.2 Å². The number of benzene rings is 2. The molecule has 0 spiro atoms. The van der Waals surface area contributed by atoms with Gasteiger partial charge < -0.3 is 15.4 Å². The van der Waals surface area contributed by atoms with Gasteiger partial charge in [0.2, 0.25) is 6.29 Å². The van der Waals surface area contributed by atoms with Crippen LogP contribution in [0.1, 0.15) is 48.3 Å². The van der Waals surface area contributed by atoms with E-state index in [0.29, 0.717) is 22.9 Å². The summed E-state index contributed by atoms with van der Waals surface area (Å²) in [6, 6.07) is 10.8. The topological polar surface area (TPSA) is 82.2 Å². The molecule has 0 radical (unpaired) electrons. The third-order valence-electron chi connectivity index (χ3n) is 5.90. The van der Waals surface area contributed by atoms with Crippen molar-refractivity contribution < 1.29 is 14.7 Å². The van der Waals surface area contributed by atoms with Gasteiger partial charge in [0.25, 0.3) is 5.91 Å². The molecule has 2 unspecified atom stereocenters. The first-order chi connectivity index (χ1) is 14.5. The zero-order valence-electron chi connectivity index (χ0n) is 16.3. The van der Waals surface area contributed by atoms with Crippen molar-refractivity contribution in [1.82, 2.24) is 10.3 Å². The number of aromatic amines is 1. The number of fused-ring (bicyclic) bond motifs is 1. The number of nitrogens with one attached hydrogen (secondary N) is 2. The van der Waals surface area contributed by atoms with E-state index >= 15 is 0 Å². The lowest BCUT2D eigenvalue weighted by Crippen LogP contribution is -2.41. The van der Waals surface area contributed by atoms with Crippen molar-refractivity contribution in [3.05, 3.63) is 63.3 Å². The predicted molar refractivity (Wildman–Crippen MR) is 118 cm³/mol. The van der Waals surface area contributed by atoms with Crippen molar-refractivity contribution in [2.45, 2.75) is 44.1 Å². The third kappa shape index (κ3) is 4.05. The van der Waals surface area contributed by atoms with Crippen molar-refractivity contribution in [2.24, 2.45) is 0 Å². The second-order valence-corrected chi connectivity index (χ2v) is 8.58. The number of amides is 1. The van der Waals surface area contributed by atoms with Gasteiger partial charge in [-0.15, -0.1) is 0 Å². The fourth-order valence-corrected chi connectivity index (χ4v) is 5.01. The molecule has 3 aromatic rings. The van der Waals surface area contributed by atoms with Crippen LogP contribution in [0.3, 0.4) is 0 Å². The summed E-state index contributed by atoms with van der Waals surface area (Å²) < 4.78 is 0. The molecular weight excluding hydrogens is 423 g/mol. The highest BCUT2D eigenvalue weighted by Crippen LogP contribution is 2.44. The zero-order valence-corrected chi connectivity index (χ0v) is 17.8. The molecule has 1 fully saturated rings. The summed E-state index contributed by atoms with van der Waals surface area (Å²) in [5.74, 6) is -0.472. The molecule has 1 aliphatic carbocycles. The number of phenols is 1. The van der Waals surface area contributed by atoms with Crippen molar-refractivity contribution in [1.29, 1.82) is 0 Å². The number of hydrogen-bond acceptors (Lipinski definition) is 3. The van der Waals surface area contributed by atoms with Crippen molar-refractivity contribution in [2.75, 3.05) is 0 Å². The summed E-state index contributed by atoms with van der Waals surface area (Å²) in [6.45, 7) is 0. The van der Waals surface area contributed by atoms with Crippen LogP contribution < -0.4 is 5.32 Å². The number of halogens is 2. The van der Waals surface area contributed by atoms with Crippen LogP contribution in [0, 0.1) is 0 Å². The number of carbonyl (C=O) groups excluding carboxylic acids is 2. The highest BCUT2D eigenvalue weighted by Gasteiger charge is 2.32. The van der Waals surface area contributed by atoms with Gasteiger partial charge in [0.1, 0.15) is 10.9 Å². The average molecular weight is 445 g/mol. The van der Waals surface area contributed by atoms with E-state index in [2.05, 4.69) is 10.3 Å². The summed E-state index contributed by atoms with van der Waals surface area (Å²) >= 11 is 12.7. The van der Waals surface area contributed by atoms with E-state index < -0.39 is 5.91 Å². The molecule has 2 aromatic carbocycles.